The molecular weight excluding hydrogens is 212 g/mol. The average molecular weight is 232 g/mol. The topological polar surface area (TPSA) is 45.4 Å². The molecule has 0 radical (unpaired) electrons. The predicted octanol–water partition coefficient (Wildman–Crippen LogP) is 1.34. The summed E-state index contributed by atoms with van der Waals surface area (Å²) in [4.78, 5) is 9.42. The first-order valence-electron chi connectivity index (χ1n) is 6.53. The number of anilines is 2. The van der Waals surface area contributed by atoms with Crippen molar-refractivity contribution >= 4 is 11.5 Å². The Balaban J connectivity index is 1.65. The van der Waals surface area contributed by atoms with Gasteiger partial charge in [0, 0.05) is 19.1 Å². The van der Waals surface area contributed by atoms with Crippen molar-refractivity contribution in [2.24, 2.45) is 0 Å². The van der Waals surface area contributed by atoms with Gasteiger partial charge in [0.25, 0.3) is 0 Å². The number of hydrogen-bond donors (Lipinski definition) is 1. The largest absolute Gasteiger partial charge is 0.397 e. The van der Waals surface area contributed by atoms with Gasteiger partial charge in [-0.05, 0) is 44.5 Å². The van der Waals surface area contributed by atoms with E-state index in [1.165, 1.54) is 32.4 Å². The lowest BCUT2D eigenvalue weighted by molar-refractivity contribution is 0.260. The van der Waals surface area contributed by atoms with Crippen LogP contribution in [0.1, 0.15) is 19.3 Å². The molecule has 1 unspecified atom stereocenters. The summed E-state index contributed by atoms with van der Waals surface area (Å²) in [6.07, 6.45) is 5.76. The lowest BCUT2D eigenvalue weighted by atomic mass is 10.2. The molecule has 92 valence electrons. The standard InChI is InChI=1S/C13H20N4/c14-11-3-4-13(15-9-11)17-8-5-12(10-17)16-6-1-2-7-16/h3-4,9,12H,1-2,5-8,10,14H2. The van der Waals surface area contributed by atoms with Crippen LogP contribution >= 0.6 is 0 Å². The van der Waals surface area contributed by atoms with E-state index in [0.717, 1.165) is 30.6 Å². The van der Waals surface area contributed by atoms with Gasteiger partial charge in [-0.1, -0.05) is 0 Å². The molecule has 2 fully saturated rings. The van der Waals surface area contributed by atoms with Crippen LogP contribution in [-0.4, -0.2) is 42.1 Å². The van der Waals surface area contributed by atoms with Crippen molar-refractivity contribution < 1.29 is 0 Å². The first kappa shape index (κ1) is 10.8. The van der Waals surface area contributed by atoms with E-state index in [9.17, 15) is 0 Å². The minimum atomic E-state index is 0.733. The summed E-state index contributed by atoms with van der Waals surface area (Å²) < 4.78 is 0. The Hall–Kier alpha value is -1.29. The van der Waals surface area contributed by atoms with Gasteiger partial charge in [0.1, 0.15) is 5.82 Å². The zero-order chi connectivity index (χ0) is 11.7. The molecule has 3 rings (SSSR count). The summed E-state index contributed by atoms with van der Waals surface area (Å²) in [5.41, 5.74) is 6.40. The molecule has 0 spiro atoms. The normalized spacial score (nSPS) is 25.6. The second-order valence-corrected chi connectivity index (χ2v) is 5.08. The summed E-state index contributed by atoms with van der Waals surface area (Å²) in [6.45, 7) is 4.82. The Morgan fingerprint density at radius 3 is 2.71 bits per heavy atom. The number of aromatic nitrogens is 1. The van der Waals surface area contributed by atoms with Gasteiger partial charge in [0.05, 0.1) is 11.9 Å². The molecule has 1 atom stereocenters. The summed E-state index contributed by atoms with van der Waals surface area (Å²) in [5.74, 6) is 1.07. The molecule has 2 aliphatic rings. The third kappa shape index (κ3) is 2.22. The van der Waals surface area contributed by atoms with Gasteiger partial charge < -0.3 is 10.6 Å². The zero-order valence-corrected chi connectivity index (χ0v) is 10.2. The fourth-order valence-corrected chi connectivity index (χ4v) is 2.94. The number of nitrogens with zero attached hydrogens (tertiary/aromatic N) is 3. The monoisotopic (exact) mass is 232 g/mol. The SMILES string of the molecule is Nc1ccc(N2CCC(N3CCCC3)C2)nc1. The molecule has 4 nitrogen and oxygen atoms in total. The van der Waals surface area contributed by atoms with Crippen molar-refractivity contribution in [1.29, 1.82) is 0 Å². The highest BCUT2D eigenvalue weighted by atomic mass is 15.3. The molecule has 4 heteroatoms. The van der Waals surface area contributed by atoms with E-state index < -0.39 is 0 Å². The molecular formula is C13H20N4. The molecule has 2 aliphatic heterocycles. The summed E-state index contributed by atoms with van der Waals surface area (Å²) >= 11 is 0. The van der Waals surface area contributed by atoms with Gasteiger partial charge in [-0.2, -0.15) is 0 Å². The molecule has 0 aliphatic carbocycles. The first-order chi connectivity index (χ1) is 8.33. The zero-order valence-electron chi connectivity index (χ0n) is 10.2. The molecule has 2 saturated heterocycles. The fourth-order valence-electron chi connectivity index (χ4n) is 2.94. The van der Waals surface area contributed by atoms with E-state index in [2.05, 4.69) is 14.8 Å². The number of nitrogens with two attached hydrogens (primary N) is 1. The number of rotatable bonds is 2. The van der Waals surface area contributed by atoms with Crippen molar-refractivity contribution in [3.8, 4) is 0 Å². The Kier molecular flexibility index (Phi) is 2.89. The molecule has 3 heterocycles. The summed E-state index contributed by atoms with van der Waals surface area (Å²) in [5, 5.41) is 0. The van der Waals surface area contributed by atoms with Crippen LogP contribution in [0.25, 0.3) is 0 Å². The quantitative estimate of drug-likeness (QED) is 0.836. The first-order valence-corrected chi connectivity index (χ1v) is 6.53. The van der Waals surface area contributed by atoms with Crippen LogP contribution < -0.4 is 10.6 Å². The van der Waals surface area contributed by atoms with E-state index in [0.29, 0.717) is 0 Å². The van der Waals surface area contributed by atoms with Crippen molar-refractivity contribution in [2.75, 3.05) is 36.8 Å². The second-order valence-electron chi connectivity index (χ2n) is 5.08. The van der Waals surface area contributed by atoms with E-state index in [-0.39, 0.29) is 0 Å². The van der Waals surface area contributed by atoms with Crippen LogP contribution in [0.4, 0.5) is 11.5 Å². The Morgan fingerprint density at radius 2 is 2.00 bits per heavy atom. The molecule has 1 aromatic rings. The third-order valence-corrected chi connectivity index (χ3v) is 3.92. The van der Waals surface area contributed by atoms with Gasteiger partial charge >= 0.3 is 0 Å². The Bertz CT molecular complexity index is 370. The van der Waals surface area contributed by atoms with Crippen LogP contribution in [0.2, 0.25) is 0 Å². The molecule has 0 bridgehead atoms. The van der Waals surface area contributed by atoms with E-state index in [4.69, 9.17) is 5.73 Å². The van der Waals surface area contributed by atoms with Crippen LogP contribution in [0, 0.1) is 0 Å². The van der Waals surface area contributed by atoms with Crippen molar-refractivity contribution in [2.45, 2.75) is 25.3 Å². The number of likely N-dealkylation sites (tertiary alicyclic amines) is 1. The van der Waals surface area contributed by atoms with Crippen molar-refractivity contribution in [3.05, 3.63) is 18.3 Å². The van der Waals surface area contributed by atoms with E-state index >= 15 is 0 Å². The Morgan fingerprint density at radius 1 is 1.18 bits per heavy atom. The maximum absolute atomic E-state index is 5.66. The average Bonchev–Trinajstić information content (AvgIpc) is 3.00. The number of nitrogen functional groups attached to an aromatic ring is 1. The molecule has 0 aromatic carbocycles. The molecule has 17 heavy (non-hydrogen) atoms. The van der Waals surface area contributed by atoms with Crippen molar-refractivity contribution in [1.82, 2.24) is 9.88 Å². The Labute approximate surface area is 102 Å². The van der Waals surface area contributed by atoms with E-state index in [1.54, 1.807) is 6.20 Å². The van der Waals surface area contributed by atoms with Gasteiger partial charge in [-0.25, -0.2) is 4.98 Å². The number of hydrogen-bond acceptors (Lipinski definition) is 4. The third-order valence-electron chi connectivity index (χ3n) is 3.92. The van der Waals surface area contributed by atoms with Gasteiger partial charge in [0.2, 0.25) is 0 Å². The van der Waals surface area contributed by atoms with Crippen molar-refractivity contribution in [3.63, 3.8) is 0 Å². The summed E-state index contributed by atoms with van der Waals surface area (Å²) in [6, 6.07) is 4.70. The minimum Gasteiger partial charge on any atom is -0.397 e. The maximum atomic E-state index is 5.66. The van der Waals surface area contributed by atoms with Gasteiger partial charge in [-0.3, -0.25) is 4.90 Å². The highest BCUT2D eigenvalue weighted by Gasteiger charge is 2.29. The van der Waals surface area contributed by atoms with Gasteiger partial charge in [-0.15, -0.1) is 0 Å². The van der Waals surface area contributed by atoms with Gasteiger partial charge in [0.15, 0.2) is 0 Å². The van der Waals surface area contributed by atoms with Crippen LogP contribution in [0.3, 0.4) is 0 Å². The van der Waals surface area contributed by atoms with Crippen LogP contribution in [0.5, 0.6) is 0 Å². The maximum Gasteiger partial charge on any atom is 0.128 e. The second kappa shape index (κ2) is 4.53. The molecule has 0 saturated carbocycles. The van der Waals surface area contributed by atoms with Crippen LogP contribution in [0.15, 0.2) is 18.3 Å². The number of pyridine rings is 1. The molecule has 0 amide bonds. The predicted molar refractivity (Wildman–Crippen MR) is 70.1 cm³/mol. The fraction of sp³-hybridized carbons (Fsp3) is 0.615. The molecule has 1 aromatic heterocycles. The highest BCUT2D eigenvalue weighted by molar-refractivity contribution is 5.46. The minimum absolute atomic E-state index is 0.733. The molecule has 2 N–H and O–H groups in total. The highest BCUT2D eigenvalue weighted by Crippen LogP contribution is 2.24. The smallest absolute Gasteiger partial charge is 0.128 e. The van der Waals surface area contributed by atoms with Crippen LogP contribution in [-0.2, 0) is 0 Å². The lowest BCUT2D eigenvalue weighted by Gasteiger charge is -2.24. The summed E-state index contributed by atoms with van der Waals surface area (Å²) in [7, 11) is 0. The van der Waals surface area contributed by atoms with E-state index in [1.807, 2.05) is 12.1 Å². The lowest BCUT2D eigenvalue weighted by Crippen LogP contribution is -2.35.